The predicted molar refractivity (Wildman–Crippen MR) is 74.0 cm³/mol. The minimum absolute atomic E-state index is 0.340. The Morgan fingerprint density at radius 1 is 1.15 bits per heavy atom. The number of esters is 1. The molecule has 5 nitrogen and oxygen atoms in total. The average Bonchev–Trinajstić information content (AvgIpc) is 2.38. The van der Waals surface area contributed by atoms with E-state index in [4.69, 9.17) is 9.47 Å². The lowest BCUT2D eigenvalue weighted by molar-refractivity contribution is 0.0526. The molecule has 0 radical (unpaired) electrons. The summed E-state index contributed by atoms with van der Waals surface area (Å²) in [5.74, 6) is 1.41. The van der Waals surface area contributed by atoms with Gasteiger partial charge in [0.2, 0.25) is 5.88 Å². The maximum atomic E-state index is 11.5. The first-order valence-corrected chi connectivity index (χ1v) is 6.36. The highest BCUT2D eigenvalue weighted by Gasteiger charge is 2.07. The van der Waals surface area contributed by atoms with Crippen molar-refractivity contribution in [3.63, 3.8) is 0 Å². The number of benzene rings is 1. The van der Waals surface area contributed by atoms with Gasteiger partial charge in [-0.3, -0.25) is 0 Å². The van der Waals surface area contributed by atoms with E-state index in [9.17, 15) is 4.79 Å². The number of ether oxygens (including phenoxy) is 2. The predicted octanol–water partition coefficient (Wildman–Crippen LogP) is 3.06. The van der Waals surface area contributed by atoms with Crippen LogP contribution in [0.25, 0.3) is 0 Å². The fourth-order valence-corrected chi connectivity index (χ4v) is 1.73. The third-order valence-corrected chi connectivity index (χ3v) is 2.53. The van der Waals surface area contributed by atoms with E-state index in [1.54, 1.807) is 37.3 Å². The van der Waals surface area contributed by atoms with E-state index in [1.165, 1.54) is 0 Å². The summed E-state index contributed by atoms with van der Waals surface area (Å²) in [5, 5.41) is 0. The Morgan fingerprint density at radius 2 is 1.85 bits per heavy atom. The molecule has 0 N–H and O–H groups in total. The third kappa shape index (κ3) is 3.54. The highest BCUT2D eigenvalue weighted by atomic mass is 16.5. The molecule has 0 saturated heterocycles. The third-order valence-electron chi connectivity index (χ3n) is 2.53. The highest BCUT2D eigenvalue weighted by molar-refractivity contribution is 5.89. The van der Waals surface area contributed by atoms with Crippen LogP contribution in [0.4, 0.5) is 0 Å². The normalized spacial score (nSPS) is 10.2. The van der Waals surface area contributed by atoms with Gasteiger partial charge in [-0.05, 0) is 45.0 Å². The van der Waals surface area contributed by atoms with E-state index in [0.717, 1.165) is 5.69 Å². The number of hydrogen-bond donors (Lipinski definition) is 0. The molecule has 20 heavy (non-hydrogen) atoms. The first-order chi connectivity index (χ1) is 9.58. The molecule has 0 spiro atoms. The zero-order chi connectivity index (χ0) is 14.5. The maximum absolute atomic E-state index is 11.5. The monoisotopic (exact) mass is 272 g/mol. The molecule has 1 heterocycles. The van der Waals surface area contributed by atoms with Crippen LogP contribution in [0.15, 0.2) is 30.3 Å². The lowest BCUT2D eigenvalue weighted by atomic mass is 10.2. The number of aryl methyl sites for hydroxylation is 2. The number of aromatic nitrogens is 2. The molecule has 0 atom stereocenters. The molecule has 2 rings (SSSR count). The minimum atomic E-state index is -0.340. The molecule has 0 unspecified atom stereocenters. The van der Waals surface area contributed by atoms with Gasteiger partial charge in [0.05, 0.1) is 12.2 Å². The molecule has 0 aliphatic carbocycles. The van der Waals surface area contributed by atoms with Gasteiger partial charge in [-0.1, -0.05) is 0 Å². The summed E-state index contributed by atoms with van der Waals surface area (Å²) >= 11 is 0. The van der Waals surface area contributed by atoms with Crippen LogP contribution in [0, 0.1) is 13.8 Å². The Hall–Kier alpha value is -2.43. The van der Waals surface area contributed by atoms with E-state index < -0.39 is 0 Å². The van der Waals surface area contributed by atoms with Crippen molar-refractivity contribution in [2.24, 2.45) is 0 Å². The van der Waals surface area contributed by atoms with Crippen LogP contribution < -0.4 is 4.74 Å². The SMILES string of the molecule is CCOC(=O)c1ccc(Oc2cc(C)nc(C)n2)cc1. The summed E-state index contributed by atoms with van der Waals surface area (Å²) in [6, 6.07) is 8.49. The fraction of sp³-hybridized carbons (Fsp3) is 0.267. The molecular formula is C15H16N2O3. The number of carbonyl (C=O) groups is 1. The van der Waals surface area contributed by atoms with Crippen molar-refractivity contribution in [1.82, 2.24) is 9.97 Å². The van der Waals surface area contributed by atoms with Gasteiger partial charge in [0.15, 0.2) is 0 Å². The molecular weight excluding hydrogens is 256 g/mol. The maximum Gasteiger partial charge on any atom is 0.338 e. The van der Waals surface area contributed by atoms with Gasteiger partial charge in [0.1, 0.15) is 11.6 Å². The minimum Gasteiger partial charge on any atom is -0.462 e. The van der Waals surface area contributed by atoms with Crippen molar-refractivity contribution in [3.8, 4) is 11.6 Å². The van der Waals surface area contributed by atoms with Crippen LogP contribution in [-0.2, 0) is 4.74 Å². The van der Waals surface area contributed by atoms with Gasteiger partial charge in [-0.25, -0.2) is 9.78 Å². The van der Waals surface area contributed by atoms with Gasteiger partial charge in [-0.15, -0.1) is 0 Å². The van der Waals surface area contributed by atoms with Gasteiger partial charge in [-0.2, -0.15) is 4.98 Å². The second-order valence-corrected chi connectivity index (χ2v) is 4.24. The fourth-order valence-electron chi connectivity index (χ4n) is 1.73. The topological polar surface area (TPSA) is 61.3 Å². The Morgan fingerprint density at radius 3 is 2.45 bits per heavy atom. The molecule has 0 fully saturated rings. The molecule has 104 valence electrons. The molecule has 5 heteroatoms. The zero-order valence-electron chi connectivity index (χ0n) is 11.7. The lowest BCUT2D eigenvalue weighted by Gasteiger charge is -2.07. The Balaban J connectivity index is 2.12. The van der Waals surface area contributed by atoms with E-state index in [-0.39, 0.29) is 5.97 Å². The second-order valence-electron chi connectivity index (χ2n) is 4.24. The average molecular weight is 272 g/mol. The lowest BCUT2D eigenvalue weighted by Crippen LogP contribution is -2.04. The first kappa shape index (κ1) is 14.0. The van der Waals surface area contributed by atoms with Crippen molar-refractivity contribution < 1.29 is 14.3 Å². The highest BCUT2D eigenvalue weighted by Crippen LogP contribution is 2.20. The Bertz CT molecular complexity index is 589. The molecule has 1 aromatic carbocycles. The van der Waals surface area contributed by atoms with Crippen molar-refractivity contribution in [1.29, 1.82) is 0 Å². The second kappa shape index (κ2) is 6.14. The van der Waals surface area contributed by atoms with Crippen LogP contribution in [0.2, 0.25) is 0 Å². The van der Waals surface area contributed by atoms with Crippen LogP contribution >= 0.6 is 0 Å². The molecule has 0 aliphatic rings. The molecule has 0 aliphatic heterocycles. The summed E-state index contributed by atoms with van der Waals surface area (Å²) < 4.78 is 10.5. The summed E-state index contributed by atoms with van der Waals surface area (Å²) in [6.07, 6.45) is 0. The standard InChI is InChI=1S/C15H16N2O3/c1-4-19-15(18)12-5-7-13(8-6-12)20-14-9-10(2)16-11(3)17-14/h5-9H,4H2,1-3H3. The van der Waals surface area contributed by atoms with Crippen molar-refractivity contribution in [2.45, 2.75) is 20.8 Å². The van der Waals surface area contributed by atoms with Crippen molar-refractivity contribution in [2.75, 3.05) is 6.61 Å². The number of rotatable bonds is 4. The van der Waals surface area contributed by atoms with Crippen LogP contribution in [0.3, 0.4) is 0 Å². The summed E-state index contributed by atoms with van der Waals surface area (Å²) in [6.45, 7) is 5.82. The van der Waals surface area contributed by atoms with E-state index in [1.807, 2.05) is 13.8 Å². The smallest absolute Gasteiger partial charge is 0.338 e. The molecule has 0 amide bonds. The molecule has 1 aromatic heterocycles. The van der Waals surface area contributed by atoms with Crippen molar-refractivity contribution in [3.05, 3.63) is 47.4 Å². The van der Waals surface area contributed by atoms with Crippen LogP contribution in [0.1, 0.15) is 28.8 Å². The van der Waals surface area contributed by atoms with Gasteiger partial charge in [0.25, 0.3) is 0 Å². The van der Waals surface area contributed by atoms with Crippen molar-refractivity contribution >= 4 is 5.97 Å². The van der Waals surface area contributed by atoms with E-state index >= 15 is 0 Å². The summed E-state index contributed by atoms with van der Waals surface area (Å²) in [4.78, 5) is 19.9. The van der Waals surface area contributed by atoms with E-state index in [2.05, 4.69) is 9.97 Å². The number of nitrogens with zero attached hydrogens (tertiary/aromatic N) is 2. The molecule has 2 aromatic rings. The summed E-state index contributed by atoms with van der Waals surface area (Å²) in [7, 11) is 0. The quantitative estimate of drug-likeness (QED) is 0.800. The Kier molecular flexibility index (Phi) is 4.30. The largest absolute Gasteiger partial charge is 0.462 e. The summed E-state index contributed by atoms with van der Waals surface area (Å²) in [5.41, 5.74) is 1.34. The van der Waals surface area contributed by atoms with Crippen LogP contribution in [0.5, 0.6) is 11.6 Å². The first-order valence-electron chi connectivity index (χ1n) is 6.36. The number of carbonyl (C=O) groups excluding carboxylic acids is 1. The molecule has 0 saturated carbocycles. The van der Waals surface area contributed by atoms with E-state index in [0.29, 0.717) is 29.6 Å². The van der Waals surface area contributed by atoms with Crippen LogP contribution in [-0.4, -0.2) is 22.5 Å². The number of hydrogen-bond acceptors (Lipinski definition) is 5. The van der Waals surface area contributed by atoms with Gasteiger partial charge in [0, 0.05) is 11.8 Å². The van der Waals surface area contributed by atoms with Gasteiger partial charge < -0.3 is 9.47 Å². The molecule has 0 bridgehead atoms. The van der Waals surface area contributed by atoms with Gasteiger partial charge >= 0.3 is 5.97 Å². The Labute approximate surface area is 117 Å². The zero-order valence-corrected chi connectivity index (χ0v) is 11.7.